The van der Waals surface area contributed by atoms with Gasteiger partial charge in [-0.05, 0) is 37.5 Å². The van der Waals surface area contributed by atoms with Crippen LogP contribution in [0.2, 0.25) is 5.02 Å². The van der Waals surface area contributed by atoms with Gasteiger partial charge in [0, 0.05) is 11.6 Å². The molecule has 0 unspecified atom stereocenters. The molecule has 3 nitrogen and oxygen atoms in total. The van der Waals surface area contributed by atoms with Crippen LogP contribution in [0.1, 0.15) is 38.1 Å². The summed E-state index contributed by atoms with van der Waals surface area (Å²) in [6, 6.07) is 3.73. The summed E-state index contributed by atoms with van der Waals surface area (Å²) in [6.07, 6.45) is 1.83. The maximum absolute atomic E-state index is 6.04. The molecule has 0 spiro atoms. The number of nitrogens with two attached hydrogens (primary N) is 1. The third kappa shape index (κ3) is 2.02. The van der Waals surface area contributed by atoms with E-state index < -0.39 is 0 Å². The molecule has 2 aromatic rings. The van der Waals surface area contributed by atoms with Crippen LogP contribution in [0.3, 0.4) is 0 Å². The second-order valence-electron chi connectivity index (χ2n) is 4.78. The molecule has 4 heteroatoms. The van der Waals surface area contributed by atoms with Crippen molar-refractivity contribution in [2.75, 3.05) is 6.54 Å². The molecule has 2 N–H and O–H groups in total. The van der Waals surface area contributed by atoms with Crippen molar-refractivity contribution in [3.63, 3.8) is 0 Å². The number of nitrogens with zero attached hydrogens (tertiary/aromatic N) is 1. The highest BCUT2D eigenvalue weighted by Gasteiger charge is 2.32. The van der Waals surface area contributed by atoms with E-state index in [0.717, 1.165) is 35.4 Å². The van der Waals surface area contributed by atoms with E-state index in [1.54, 1.807) is 0 Å². The predicted molar refractivity (Wildman–Crippen MR) is 75.1 cm³/mol. The molecule has 0 aliphatic heterocycles. The molecule has 98 valence electrons. The fraction of sp³-hybridized carbons (Fsp3) is 0.500. The number of hydrogen-bond acceptors (Lipinski definition) is 3. The van der Waals surface area contributed by atoms with E-state index in [1.165, 1.54) is 0 Å². The molecular weight excluding hydrogens is 248 g/mol. The number of halogens is 1. The molecule has 0 bridgehead atoms. The first-order valence-electron chi connectivity index (χ1n) is 6.33. The van der Waals surface area contributed by atoms with Crippen LogP contribution < -0.4 is 5.73 Å². The molecule has 0 amide bonds. The Bertz CT molecular complexity index is 550. The molecule has 0 saturated carbocycles. The normalized spacial score (nSPS) is 12.3. The van der Waals surface area contributed by atoms with Crippen molar-refractivity contribution in [2.45, 2.75) is 39.0 Å². The largest absolute Gasteiger partial charge is 0.440 e. The van der Waals surface area contributed by atoms with Crippen molar-refractivity contribution in [1.82, 2.24) is 4.98 Å². The van der Waals surface area contributed by atoms with Gasteiger partial charge in [-0.1, -0.05) is 25.4 Å². The van der Waals surface area contributed by atoms with Crippen molar-refractivity contribution < 1.29 is 4.42 Å². The average Bonchev–Trinajstić information content (AvgIpc) is 2.77. The van der Waals surface area contributed by atoms with E-state index in [4.69, 9.17) is 21.8 Å². The SMILES string of the molecule is CCC(CC)(CN)c1nc2cc(Cl)cc(C)c2o1. The quantitative estimate of drug-likeness (QED) is 0.916. The lowest BCUT2D eigenvalue weighted by Gasteiger charge is -2.25. The number of rotatable bonds is 4. The van der Waals surface area contributed by atoms with Gasteiger partial charge < -0.3 is 10.2 Å². The van der Waals surface area contributed by atoms with E-state index in [-0.39, 0.29) is 5.41 Å². The highest BCUT2D eigenvalue weighted by atomic mass is 35.5. The average molecular weight is 267 g/mol. The predicted octanol–water partition coefficient (Wildman–Crippen LogP) is 3.81. The maximum Gasteiger partial charge on any atom is 0.202 e. The molecule has 2 rings (SSSR count). The molecule has 0 aliphatic carbocycles. The molecule has 0 aliphatic rings. The summed E-state index contributed by atoms with van der Waals surface area (Å²) in [4.78, 5) is 4.59. The standard InChI is InChI=1S/C14H19ClN2O/c1-4-14(5-2,8-16)13-17-11-7-10(15)6-9(3)12(11)18-13/h6-7H,4-5,8,16H2,1-3H3. The monoisotopic (exact) mass is 266 g/mol. The summed E-state index contributed by atoms with van der Waals surface area (Å²) in [7, 11) is 0. The van der Waals surface area contributed by atoms with Gasteiger partial charge in [0.2, 0.25) is 5.89 Å². The summed E-state index contributed by atoms with van der Waals surface area (Å²) in [5, 5.41) is 0.686. The first kappa shape index (κ1) is 13.4. The Balaban J connectivity index is 2.63. The Hall–Kier alpha value is -1.06. The number of hydrogen-bond donors (Lipinski definition) is 1. The Kier molecular flexibility index (Phi) is 3.64. The molecule has 0 fully saturated rings. The summed E-state index contributed by atoms with van der Waals surface area (Å²) >= 11 is 6.04. The van der Waals surface area contributed by atoms with Gasteiger partial charge in [-0.25, -0.2) is 4.98 Å². The van der Waals surface area contributed by atoms with E-state index in [9.17, 15) is 0 Å². The smallest absolute Gasteiger partial charge is 0.202 e. The van der Waals surface area contributed by atoms with Crippen LogP contribution in [0.4, 0.5) is 0 Å². The van der Waals surface area contributed by atoms with Crippen molar-refractivity contribution >= 4 is 22.7 Å². The Labute approximate surface area is 112 Å². The molecule has 18 heavy (non-hydrogen) atoms. The fourth-order valence-corrected chi connectivity index (χ4v) is 2.58. The maximum atomic E-state index is 6.04. The van der Waals surface area contributed by atoms with E-state index in [2.05, 4.69) is 18.8 Å². The summed E-state index contributed by atoms with van der Waals surface area (Å²) in [6.45, 7) is 6.75. The minimum Gasteiger partial charge on any atom is -0.440 e. The molecule has 0 radical (unpaired) electrons. The first-order valence-corrected chi connectivity index (χ1v) is 6.71. The van der Waals surface area contributed by atoms with Gasteiger partial charge in [0.25, 0.3) is 0 Å². The van der Waals surface area contributed by atoms with Gasteiger partial charge in [0.1, 0.15) is 5.52 Å². The number of oxazole rings is 1. The molecule has 0 saturated heterocycles. The minimum atomic E-state index is -0.169. The van der Waals surface area contributed by atoms with Crippen molar-refractivity contribution in [3.05, 3.63) is 28.6 Å². The molecular formula is C14H19ClN2O. The van der Waals surface area contributed by atoms with E-state index in [0.29, 0.717) is 11.6 Å². The minimum absolute atomic E-state index is 0.169. The van der Waals surface area contributed by atoms with Crippen molar-refractivity contribution in [1.29, 1.82) is 0 Å². The number of benzene rings is 1. The lowest BCUT2D eigenvalue weighted by Crippen LogP contribution is -2.34. The lowest BCUT2D eigenvalue weighted by atomic mass is 9.82. The first-order chi connectivity index (χ1) is 8.56. The van der Waals surface area contributed by atoms with E-state index >= 15 is 0 Å². The number of aromatic nitrogens is 1. The number of fused-ring (bicyclic) bond motifs is 1. The third-order valence-electron chi connectivity index (χ3n) is 3.84. The summed E-state index contributed by atoms with van der Waals surface area (Å²) in [5.41, 5.74) is 8.39. The highest BCUT2D eigenvalue weighted by Crippen LogP contribution is 2.34. The zero-order chi connectivity index (χ0) is 13.3. The Morgan fingerprint density at radius 2 is 2.00 bits per heavy atom. The van der Waals surface area contributed by atoms with Gasteiger partial charge >= 0.3 is 0 Å². The van der Waals surface area contributed by atoms with Crippen molar-refractivity contribution in [2.24, 2.45) is 5.73 Å². The van der Waals surface area contributed by atoms with Crippen molar-refractivity contribution in [3.8, 4) is 0 Å². The van der Waals surface area contributed by atoms with Gasteiger partial charge in [-0.2, -0.15) is 0 Å². The summed E-state index contributed by atoms with van der Waals surface area (Å²) in [5.74, 6) is 0.732. The van der Waals surface area contributed by atoms with Crippen LogP contribution in [-0.2, 0) is 5.41 Å². The van der Waals surface area contributed by atoms with Gasteiger partial charge in [0.15, 0.2) is 5.58 Å². The van der Waals surface area contributed by atoms with Crippen LogP contribution in [0.15, 0.2) is 16.5 Å². The highest BCUT2D eigenvalue weighted by molar-refractivity contribution is 6.31. The zero-order valence-corrected chi connectivity index (χ0v) is 11.8. The van der Waals surface area contributed by atoms with Gasteiger partial charge in [-0.15, -0.1) is 0 Å². The topological polar surface area (TPSA) is 52.0 Å². The lowest BCUT2D eigenvalue weighted by molar-refractivity contribution is 0.316. The molecule has 1 aromatic carbocycles. The van der Waals surface area contributed by atoms with Gasteiger partial charge in [0.05, 0.1) is 5.41 Å². The van der Waals surface area contributed by atoms with Crippen LogP contribution in [0, 0.1) is 6.92 Å². The second kappa shape index (κ2) is 4.90. The second-order valence-corrected chi connectivity index (χ2v) is 5.22. The Morgan fingerprint density at radius 1 is 1.33 bits per heavy atom. The molecule has 1 aromatic heterocycles. The Morgan fingerprint density at radius 3 is 2.56 bits per heavy atom. The van der Waals surface area contributed by atoms with Crippen LogP contribution in [0.5, 0.6) is 0 Å². The van der Waals surface area contributed by atoms with E-state index in [1.807, 2.05) is 19.1 Å². The van der Waals surface area contributed by atoms with Crippen LogP contribution in [0.25, 0.3) is 11.1 Å². The molecule has 1 heterocycles. The van der Waals surface area contributed by atoms with Crippen LogP contribution >= 0.6 is 11.6 Å². The molecule has 0 atom stereocenters. The number of aryl methyl sites for hydroxylation is 1. The third-order valence-corrected chi connectivity index (χ3v) is 4.06. The fourth-order valence-electron chi connectivity index (χ4n) is 2.31. The zero-order valence-electron chi connectivity index (χ0n) is 11.1. The van der Waals surface area contributed by atoms with Gasteiger partial charge in [-0.3, -0.25) is 0 Å². The van der Waals surface area contributed by atoms with Crippen LogP contribution in [-0.4, -0.2) is 11.5 Å². The summed E-state index contributed by atoms with van der Waals surface area (Å²) < 4.78 is 5.94.